The summed E-state index contributed by atoms with van der Waals surface area (Å²) in [6, 6.07) is 13.8. The van der Waals surface area contributed by atoms with Crippen molar-refractivity contribution in [1.29, 1.82) is 0 Å². The largest absolute Gasteiger partial charge is 0.0646 e. The SMILES string of the molecule is CCC(C)(C)c1cc2ccc(C(C)(C)C)ccc-2c1. The fraction of sp³-hybridized carbons (Fsp3) is 0.474. The van der Waals surface area contributed by atoms with Crippen LogP contribution in [0.25, 0.3) is 11.1 Å². The maximum absolute atomic E-state index is 2.35. The molecule has 0 heterocycles. The van der Waals surface area contributed by atoms with E-state index in [1.165, 1.54) is 28.7 Å². The summed E-state index contributed by atoms with van der Waals surface area (Å²) in [6.07, 6.45) is 1.17. The molecule has 0 nitrogen and oxygen atoms in total. The van der Waals surface area contributed by atoms with Crippen molar-refractivity contribution in [3.05, 3.63) is 47.5 Å². The van der Waals surface area contributed by atoms with E-state index in [1.807, 2.05) is 0 Å². The molecule has 0 aromatic carbocycles. The summed E-state index contributed by atoms with van der Waals surface area (Å²) >= 11 is 0. The summed E-state index contributed by atoms with van der Waals surface area (Å²) in [5.74, 6) is 0. The molecule has 19 heavy (non-hydrogen) atoms. The van der Waals surface area contributed by atoms with Gasteiger partial charge in [-0.1, -0.05) is 77.9 Å². The van der Waals surface area contributed by atoms with Gasteiger partial charge >= 0.3 is 0 Å². The van der Waals surface area contributed by atoms with Gasteiger partial charge in [0, 0.05) is 0 Å². The fourth-order valence-electron chi connectivity index (χ4n) is 2.34. The number of rotatable bonds is 2. The van der Waals surface area contributed by atoms with E-state index in [-0.39, 0.29) is 10.8 Å². The summed E-state index contributed by atoms with van der Waals surface area (Å²) in [5.41, 5.74) is 6.03. The first-order valence-corrected chi connectivity index (χ1v) is 7.29. The van der Waals surface area contributed by atoms with Gasteiger partial charge < -0.3 is 0 Å². The molecule has 0 aromatic rings. The van der Waals surface area contributed by atoms with Crippen molar-refractivity contribution in [3.8, 4) is 11.1 Å². The number of hydrogen-bond acceptors (Lipinski definition) is 0. The lowest BCUT2D eigenvalue weighted by Crippen LogP contribution is -2.13. The van der Waals surface area contributed by atoms with Gasteiger partial charge in [-0.25, -0.2) is 0 Å². The molecule has 0 spiro atoms. The summed E-state index contributed by atoms with van der Waals surface area (Å²) in [7, 11) is 0. The van der Waals surface area contributed by atoms with Gasteiger partial charge in [-0.15, -0.1) is 0 Å². The minimum absolute atomic E-state index is 0.210. The van der Waals surface area contributed by atoms with E-state index >= 15 is 0 Å². The molecule has 0 aromatic heterocycles. The van der Waals surface area contributed by atoms with E-state index in [0.717, 1.165) is 0 Å². The zero-order valence-electron chi connectivity index (χ0n) is 13.2. The molecule has 0 bridgehead atoms. The third-order valence-corrected chi connectivity index (χ3v) is 4.37. The average Bonchev–Trinajstić information content (AvgIpc) is 2.62. The number of fused-ring (bicyclic) bond motifs is 1. The molecule has 0 saturated carbocycles. The van der Waals surface area contributed by atoms with E-state index in [1.54, 1.807) is 0 Å². The highest BCUT2D eigenvalue weighted by molar-refractivity contribution is 5.69. The van der Waals surface area contributed by atoms with Crippen molar-refractivity contribution in [2.75, 3.05) is 0 Å². The Kier molecular flexibility index (Phi) is 3.47. The van der Waals surface area contributed by atoms with E-state index in [9.17, 15) is 0 Å². The average molecular weight is 254 g/mol. The molecule has 0 amide bonds. The van der Waals surface area contributed by atoms with Crippen LogP contribution in [0.15, 0.2) is 36.4 Å². The minimum atomic E-state index is 0.210. The molecule has 0 N–H and O–H groups in total. The highest BCUT2D eigenvalue weighted by Crippen LogP contribution is 2.35. The van der Waals surface area contributed by atoms with Crippen LogP contribution in [-0.2, 0) is 10.8 Å². The van der Waals surface area contributed by atoms with Crippen LogP contribution in [0.2, 0.25) is 0 Å². The van der Waals surface area contributed by atoms with Gasteiger partial charge in [0.05, 0.1) is 0 Å². The Bertz CT molecular complexity index is 507. The van der Waals surface area contributed by atoms with Gasteiger partial charge in [0.15, 0.2) is 0 Å². The van der Waals surface area contributed by atoms with Gasteiger partial charge in [0.1, 0.15) is 0 Å². The summed E-state index contributed by atoms with van der Waals surface area (Å²) < 4.78 is 0. The van der Waals surface area contributed by atoms with Crippen molar-refractivity contribution in [1.82, 2.24) is 0 Å². The van der Waals surface area contributed by atoms with Crippen LogP contribution in [-0.4, -0.2) is 0 Å². The second-order valence-electron chi connectivity index (χ2n) is 7.26. The van der Waals surface area contributed by atoms with E-state index in [0.29, 0.717) is 0 Å². The zero-order chi connectivity index (χ0) is 14.3. The predicted octanol–water partition coefficient (Wildman–Crippen LogP) is 5.78. The van der Waals surface area contributed by atoms with Crippen LogP contribution in [0.1, 0.15) is 59.1 Å². The molecular formula is C19H26. The first-order chi connectivity index (χ1) is 8.74. The molecule has 0 radical (unpaired) electrons. The van der Waals surface area contributed by atoms with Crippen molar-refractivity contribution in [2.24, 2.45) is 0 Å². The van der Waals surface area contributed by atoms with Crippen LogP contribution in [0.4, 0.5) is 0 Å². The van der Waals surface area contributed by atoms with Crippen molar-refractivity contribution >= 4 is 0 Å². The lowest BCUT2D eigenvalue weighted by molar-refractivity contribution is 0.508. The highest BCUT2D eigenvalue weighted by Gasteiger charge is 2.21. The molecule has 0 fully saturated rings. The van der Waals surface area contributed by atoms with Gasteiger partial charge in [-0.2, -0.15) is 0 Å². The second kappa shape index (κ2) is 4.67. The minimum Gasteiger partial charge on any atom is -0.0646 e. The van der Waals surface area contributed by atoms with Crippen molar-refractivity contribution < 1.29 is 0 Å². The molecule has 0 unspecified atom stereocenters. The third kappa shape index (κ3) is 2.83. The van der Waals surface area contributed by atoms with Gasteiger partial charge in [-0.3, -0.25) is 0 Å². The Hall–Kier alpha value is -1.30. The van der Waals surface area contributed by atoms with Crippen LogP contribution >= 0.6 is 0 Å². The maximum atomic E-state index is 2.35. The van der Waals surface area contributed by atoms with Gasteiger partial charge in [-0.05, 0) is 39.5 Å². The fourth-order valence-corrected chi connectivity index (χ4v) is 2.34. The maximum Gasteiger partial charge on any atom is -0.0106 e. The molecular weight excluding hydrogens is 228 g/mol. The highest BCUT2D eigenvalue weighted by atomic mass is 14.3. The molecule has 0 atom stereocenters. The Morgan fingerprint density at radius 3 is 1.58 bits per heavy atom. The quantitative estimate of drug-likeness (QED) is 0.637. The lowest BCUT2D eigenvalue weighted by atomic mass is 9.84. The number of hydrogen-bond donors (Lipinski definition) is 0. The molecule has 2 aliphatic carbocycles. The Labute approximate surface area is 118 Å². The van der Waals surface area contributed by atoms with Crippen molar-refractivity contribution in [2.45, 2.75) is 58.8 Å². The molecule has 2 rings (SSSR count). The second-order valence-corrected chi connectivity index (χ2v) is 7.26. The monoisotopic (exact) mass is 254 g/mol. The summed E-state index contributed by atoms with van der Waals surface area (Å²) in [5, 5.41) is 0. The van der Waals surface area contributed by atoms with Gasteiger partial charge in [0.25, 0.3) is 0 Å². The Morgan fingerprint density at radius 1 is 0.737 bits per heavy atom. The molecule has 0 heteroatoms. The first kappa shape index (κ1) is 14.1. The Morgan fingerprint density at radius 2 is 1.21 bits per heavy atom. The van der Waals surface area contributed by atoms with E-state index < -0.39 is 0 Å². The standard InChI is InChI=1S/C19H26/c1-7-19(5,6)17-12-14-8-10-16(18(2,3)4)11-9-15(14)13-17/h8-13H,7H2,1-6H3. The molecule has 0 saturated heterocycles. The van der Waals surface area contributed by atoms with Crippen LogP contribution in [0.3, 0.4) is 0 Å². The smallest absolute Gasteiger partial charge is 0.0106 e. The van der Waals surface area contributed by atoms with Crippen LogP contribution < -0.4 is 0 Å². The topological polar surface area (TPSA) is 0 Å². The van der Waals surface area contributed by atoms with Gasteiger partial charge in [0.2, 0.25) is 0 Å². The summed E-state index contributed by atoms with van der Waals surface area (Å²) in [6.45, 7) is 13.7. The Balaban J connectivity index is 2.51. The zero-order valence-corrected chi connectivity index (χ0v) is 13.2. The van der Waals surface area contributed by atoms with Crippen LogP contribution in [0, 0.1) is 0 Å². The van der Waals surface area contributed by atoms with Crippen LogP contribution in [0.5, 0.6) is 0 Å². The van der Waals surface area contributed by atoms with E-state index in [2.05, 4.69) is 77.9 Å². The summed E-state index contributed by atoms with van der Waals surface area (Å²) in [4.78, 5) is 0. The van der Waals surface area contributed by atoms with Crippen molar-refractivity contribution in [3.63, 3.8) is 0 Å². The lowest BCUT2D eigenvalue weighted by Gasteiger charge is -2.21. The third-order valence-electron chi connectivity index (χ3n) is 4.37. The molecule has 0 aliphatic heterocycles. The van der Waals surface area contributed by atoms with E-state index in [4.69, 9.17) is 0 Å². The molecule has 2 aliphatic rings. The first-order valence-electron chi connectivity index (χ1n) is 7.29. The molecule has 102 valence electrons. The normalized spacial score (nSPS) is 12.9. The predicted molar refractivity (Wildman–Crippen MR) is 85.1 cm³/mol.